The van der Waals surface area contributed by atoms with E-state index in [4.69, 9.17) is 14.2 Å². The molecular formula is C24H27NO4. The van der Waals surface area contributed by atoms with Crippen LogP contribution in [0.15, 0.2) is 24.3 Å². The molecule has 0 radical (unpaired) electrons. The van der Waals surface area contributed by atoms with Crippen LogP contribution in [0.25, 0.3) is 21.5 Å². The van der Waals surface area contributed by atoms with Crippen molar-refractivity contribution in [2.45, 2.75) is 38.3 Å². The number of piperidine rings is 1. The van der Waals surface area contributed by atoms with Crippen LogP contribution in [-0.4, -0.2) is 43.9 Å². The predicted octanol–water partition coefficient (Wildman–Crippen LogP) is 4.64. The number of phenols is 1. The molecule has 3 aromatic rings. The molecule has 2 aliphatic rings. The highest BCUT2D eigenvalue weighted by molar-refractivity contribution is 6.12. The van der Waals surface area contributed by atoms with Gasteiger partial charge in [0.1, 0.15) is 0 Å². The highest BCUT2D eigenvalue weighted by Gasteiger charge is 2.31. The first-order valence-electron chi connectivity index (χ1n) is 10.3. The Balaban J connectivity index is 1.88. The fourth-order valence-corrected chi connectivity index (χ4v) is 5.23. The normalized spacial score (nSPS) is 19.1. The number of phenolic OH excluding ortho intramolecular Hbond substituents is 1. The molecule has 1 unspecified atom stereocenters. The third kappa shape index (κ3) is 2.79. The molecule has 0 aromatic heterocycles. The number of aromatic hydroxyl groups is 1. The van der Waals surface area contributed by atoms with E-state index >= 15 is 0 Å². The van der Waals surface area contributed by atoms with Crippen molar-refractivity contribution in [2.75, 3.05) is 27.9 Å². The molecule has 3 aromatic carbocycles. The first-order valence-corrected chi connectivity index (χ1v) is 10.3. The summed E-state index contributed by atoms with van der Waals surface area (Å²) >= 11 is 0. The van der Waals surface area contributed by atoms with Gasteiger partial charge in [0, 0.05) is 12.6 Å². The summed E-state index contributed by atoms with van der Waals surface area (Å²) in [5, 5.41) is 14.9. The smallest absolute Gasteiger partial charge is 0.161 e. The average Bonchev–Trinajstić information content (AvgIpc) is 2.76. The quantitative estimate of drug-likeness (QED) is 0.657. The third-order valence-electron chi connectivity index (χ3n) is 6.70. The van der Waals surface area contributed by atoms with Crippen LogP contribution in [0.3, 0.4) is 0 Å². The van der Waals surface area contributed by atoms with Gasteiger partial charge in [-0.1, -0.05) is 6.42 Å². The highest BCUT2D eigenvalue weighted by atomic mass is 16.5. The van der Waals surface area contributed by atoms with Gasteiger partial charge in [-0.3, -0.25) is 4.90 Å². The zero-order chi connectivity index (χ0) is 20.1. The number of nitrogens with zero attached hydrogens (tertiary/aromatic N) is 1. The van der Waals surface area contributed by atoms with E-state index in [1.54, 1.807) is 21.3 Å². The van der Waals surface area contributed by atoms with Crippen molar-refractivity contribution >= 4 is 21.5 Å². The van der Waals surface area contributed by atoms with E-state index in [0.29, 0.717) is 17.5 Å². The monoisotopic (exact) mass is 393 g/mol. The summed E-state index contributed by atoms with van der Waals surface area (Å²) < 4.78 is 16.6. The number of fused-ring (bicyclic) bond motifs is 7. The lowest BCUT2D eigenvalue weighted by atomic mass is 9.82. The van der Waals surface area contributed by atoms with Crippen LogP contribution in [-0.2, 0) is 13.0 Å². The lowest BCUT2D eigenvalue weighted by molar-refractivity contribution is 0.128. The van der Waals surface area contributed by atoms with Crippen molar-refractivity contribution < 1.29 is 19.3 Å². The van der Waals surface area contributed by atoms with E-state index in [-0.39, 0.29) is 5.75 Å². The Labute approximate surface area is 170 Å². The number of hydrogen-bond acceptors (Lipinski definition) is 5. The van der Waals surface area contributed by atoms with E-state index in [1.165, 1.54) is 35.8 Å². The second-order valence-corrected chi connectivity index (χ2v) is 8.10. The molecule has 1 saturated heterocycles. The van der Waals surface area contributed by atoms with Gasteiger partial charge in [-0.25, -0.2) is 0 Å². The Morgan fingerprint density at radius 1 is 0.793 bits per heavy atom. The largest absolute Gasteiger partial charge is 0.504 e. The summed E-state index contributed by atoms with van der Waals surface area (Å²) in [6.07, 6.45) is 4.87. The van der Waals surface area contributed by atoms with Crippen molar-refractivity contribution in [1.82, 2.24) is 4.90 Å². The molecule has 5 heteroatoms. The maximum atomic E-state index is 10.5. The maximum Gasteiger partial charge on any atom is 0.161 e. The second-order valence-electron chi connectivity index (χ2n) is 8.10. The van der Waals surface area contributed by atoms with Crippen LogP contribution in [0.5, 0.6) is 23.0 Å². The van der Waals surface area contributed by atoms with Crippen LogP contribution in [0.4, 0.5) is 0 Å². The molecule has 1 fully saturated rings. The molecule has 0 amide bonds. The molecule has 2 aliphatic heterocycles. The molecule has 5 nitrogen and oxygen atoms in total. The van der Waals surface area contributed by atoms with Gasteiger partial charge in [-0.05, 0) is 82.7 Å². The van der Waals surface area contributed by atoms with Crippen molar-refractivity contribution in [1.29, 1.82) is 0 Å². The first-order chi connectivity index (χ1) is 14.1. The molecule has 0 saturated carbocycles. The second kappa shape index (κ2) is 6.99. The molecule has 1 atom stereocenters. The van der Waals surface area contributed by atoms with Crippen molar-refractivity contribution in [2.24, 2.45) is 0 Å². The Morgan fingerprint density at radius 3 is 2.14 bits per heavy atom. The van der Waals surface area contributed by atoms with Gasteiger partial charge in [0.05, 0.1) is 21.3 Å². The summed E-state index contributed by atoms with van der Waals surface area (Å²) in [5.74, 6) is 2.11. The summed E-state index contributed by atoms with van der Waals surface area (Å²) in [5.41, 5.74) is 2.74. The first kappa shape index (κ1) is 18.4. The van der Waals surface area contributed by atoms with Crippen molar-refractivity contribution in [3.05, 3.63) is 35.4 Å². The van der Waals surface area contributed by atoms with E-state index in [1.807, 2.05) is 18.2 Å². The Hall–Kier alpha value is -2.66. The van der Waals surface area contributed by atoms with Crippen LogP contribution in [0.1, 0.15) is 30.4 Å². The number of methoxy groups -OCH3 is 3. The van der Waals surface area contributed by atoms with Crippen LogP contribution in [0, 0.1) is 0 Å². The number of rotatable bonds is 3. The Kier molecular flexibility index (Phi) is 4.43. The number of benzene rings is 3. The van der Waals surface area contributed by atoms with Crippen LogP contribution < -0.4 is 14.2 Å². The molecule has 0 spiro atoms. The van der Waals surface area contributed by atoms with Crippen molar-refractivity contribution in [3.63, 3.8) is 0 Å². The molecule has 0 aliphatic carbocycles. The summed E-state index contributed by atoms with van der Waals surface area (Å²) in [6, 6.07) is 8.56. The SMILES string of the molecule is COc1cc2c3c(c4cc(OC)c(OC)cc4c2cc1O)CC1CCCCN1C3. The number of hydrogen-bond donors (Lipinski definition) is 1. The predicted molar refractivity (Wildman–Crippen MR) is 115 cm³/mol. The molecular weight excluding hydrogens is 366 g/mol. The van der Waals surface area contributed by atoms with Gasteiger partial charge in [-0.2, -0.15) is 0 Å². The van der Waals surface area contributed by atoms with Gasteiger partial charge in [0.25, 0.3) is 0 Å². The summed E-state index contributed by atoms with van der Waals surface area (Å²) in [6.45, 7) is 2.10. The minimum atomic E-state index is 0.155. The fraction of sp³-hybridized carbons (Fsp3) is 0.417. The Bertz CT molecular complexity index is 1110. The molecule has 2 heterocycles. The van der Waals surface area contributed by atoms with Crippen LogP contribution >= 0.6 is 0 Å². The highest BCUT2D eigenvalue weighted by Crippen LogP contribution is 2.45. The van der Waals surface area contributed by atoms with Crippen LogP contribution in [0.2, 0.25) is 0 Å². The zero-order valence-electron chi connectivity index (χ0n) is 17.2. The maximum absolute atomic E-state index is 10.5. The average molecular weight is 393 g/mol. The van der Waals surface area contributed by atoms with Crippen molar-refractivity contribution in [3.8, 4) is 23.0 Å². The molecule has 152 valence electrons. The molecule has 29 heavy (non-hydrogen) atoms. The lowest BCUT2D eigenvalue weighted by Gasteiger charge is -2.41. The van der Waals surface area contributed by atoms with Gasteiger partial charge in [0.2, 0.25) is 0 Å². The zero-order valence-corrected chi connectivity index (χ0v) is 17.2. The summed E-state index contributed by atoms with van der Waals surface area (Å²) in [7, 11) is 4.93. The van der Waals surface area contributed by atoms with Gasteiger partial charge >= 0.3 is 0 Å². The topological polar surface area (TPSA) is 51.2 Å². The van der Waals surface area contributed by atoms with Gasteiger partial charge in [-0.15, -0.1) is 0 Å². The minimum Gasteiger partial charge on any atom is -0.504 e. The molecule has 5 rings (SSSR count). The standard InChI is InChI=1S/C24H27NO4/c1-27-22-10-19-16(9-21(22)26)18-12-24(29-3)23(28-2)11-17(18)15-8-14-6-4-5-7-25(14)13-20(15)19/h9-12,14,26H,4-8,13H2,1-3H3. The lowest BCUT2D eigenvalue weighted by Crippen LogP contribution is -2.43. The minimum absolute atomic E-state index is 0.155. The van der Waals surface area contributed by atoms with E-state index < -0.39 is 0 Å². The van der Waals surface area contributed by atoms with Gasteiger partial charge in [0.15, 0.2) is 23.0 Å². The third-order valence-corrected chi connectivity index (χ3v) is 6.70. The molecule has 0 bridgehead atoms. The summed E-state index contributed by atoms with van der Waals surface area (Å²) in [4.78, 5) is 2.62. The van der Waals surface area contributed by atoms with Gasteiger partial charge < -0.3 is 19.3 Å². The Morgan fingerprint density at radius 2 is 1.41 bits per heavy atom. The number of ether oxygens (including phenoxy) is 3. The fourth-order valence-electron chi connectivity index (χ4n) is 5.23. The van der Waals surface area contributed by atoms with E-state index in [0.717, 1.165) is 41.4 Å². The molecule has 1 N–H and O–H groups in total. The van der Waals surface area contributed by atoms with E-state index in [9.17, 15) is 5.11 Å². The van der Waals surface area contributed by atoms with E-state index in [2.05, 4.69) is 11.0 Å².